The maximum Gasteiger partial charge on any atom is 0.419 e. The molecule has 1 atom stereocenters. The largest absolute Gasteiger partial charge is 0.447 e. The van der Waals surface area contributed by atoms with E-state index in [9.17, 15) is 9.59 Å². The maximum atomic E-state index is 14.0. The average molecular weight is 572 g/mol. The molecular weight excluding hydrogens is 530 g/mol. The highest BCUT2D eigenvalue weighted by atomic mass is 16.5. The van der Waals surface area contributed by atoms with Crippen molar-refractivity contribution >= 4 is 28.6 Å². The number of nitrogens with zero attached hydrogens (tertiary/aromatic N) is 5. The Kier molecular flexibility index (Phi) is 7.76. The van der Waals surface area contributed by atoms with Crippen LogP contribution in [0.4, 0.5) is 4.79 Å². The molecule has 4 aromatic rings. The Hall–Kier alpha value is -3.76. The number of piperidine rings is 1. The number of primary amides is 1. The van der Waals surface area contributed by atoms with E-state index in [-0.39, 0.29) is 24.0 Å². The number of aryl methyl sites for hydroxylation is 1. The van der Waals surface area contributed by atoms with Gasteiger partial charge in [-0.05, 0) is 105 Å². The average Bonchev–Trinajstić information content (AvgIpc) is 3.72. The number of hydrogen-bond acceptors (Lipinski definition) is 7. The molecule has 0 saturated carbocycles. The minimum Gasteiger partial charge on any atom is -0.447 e. The topological polar surface area (TPSA) is 120 Å². The lowest BCUT2D eigenvalue weighted by Gasteiger charge is -2.31. The highest BCUT2D eigenvalue weighted by Crippen LogP contribution is 2.42. The molecule has 10 heteroatoms. The summed E-state index contributed by atoms with van der Waals surface area (Å²) >= 11 is 0. The molecule has 1 amide bonds. The molecule has 6 rings (SSSR count). The Labute approximate surface area is 246 Å². The lowest BCUT2D eigenvalue weighted by molar-refractivity contribution is -0.119. The second-order valence-electron chi connectivity index (χ2n) is 12.2. The summed E-state index contributed by atoms with van der Waals surface area (Å²) in [6.45, 7) is 11.8. The Morgan fingerprint density at radius 3 is 2.62 bits per heavy atom. The van der Waals surface area contributed by atoms with E-state index in [0.29, 0.717) is 19.1 Å². The van der Waals surface area contributed by atoms with Crippen molar-refractivity contribution in [1.82, 2.24) is 29.4 Å². The second kappa shape index (κ2) is 11.5. The van der Waals surface area contributed by atoms with Gasteiger partial charge in [-0.3, -0.25) is 9.69 Å². The van der Waals surface area contributed by atoms with Crippen molar-refractivity contribution < 1.29 is 14.3 Å². The van der Waals surface area contributed by atoms with Crippen molar-refractivity contribution in [3.05, 3.63) is 53.0 Å². The van der Waals surface area contributed by atoms with E-state index >= 15 is 0 Å². The fourth-order valence-electron chi connectivity index (χ4n) is 6.85. The van der Waals surface area contributed by atoms with Crippen molar-refractivity contribution in [1.29, 1.82) is 0 Å². The standard InChI is InChI=1S/C32H41N7O3/c1-19(2)29-25-14-23(22-9-12-37(13-10-22)16-28(33)40)7-8-27(25)39(32(41)42-17-24-6-5-11-34-24)30(29)26-15-38-31(35-18-36-38)21(4)20(26)3/h7-8,14-15,18-19,22,24,34H,5-6,9-13,16-17H2,1-4H3,(H2,33,40). The summed E-state index contributed by atoms with van der Waals surface area (Å²) in [5.41, 5.74) is 13.4. The Morgan fingerprint density at radius 2 is 1.93 bits per heavy atom. The van der Waals surface area contributed by atoms with Gasteiger partial charge in [-0.1, -0.05) is 19.9 Å². The van der Waals surface area contributed by atoms with Gasteiger partial charge in [0.05, 0.1) is 17.8 Å². The van der Waals surface area contributed by atoms with Crippen molar-refractivity contribution in [3.63, 3.8) is 0 Å². The molecule has 42 heavy (non-hydrogen) atoms. The number of rotatable bonds is 7. The number of nitrogens with two attached hydrogens (primary N) is 1. The van der Waals surface area contributed by atoms with Crippen LogP contribution in [0.25, 0.3) is 27.8 Å². The van der Waals surface area contributed by atoms with E-state index in [0.717, 1.165) is 89.8 Å². The first kappa shape index (κ1) is 28.4. The lowest BCUT2D eigenvalue weighted by atomic mass is 9.87. The van der Waals surface area contributed by atoms with Crippen molar-refractivity contribution in [2.24, 2.45) is 5.73 Å². The third-order valence-electron chi connectivity index (χ3n) is 9.18. The summed E-state index contributed by atoms with van der Waals surface area (Å²) in [6.07, 6.45) is 7.21. The van der Waals surface area contributed by atoms with Gasteiger partial charge in [-0.15, -0.1) is 0 Å². The zero-order valence-corrected chi connectivity index (χ0v) is 25.0. The Morgan fingerprint density at radius 1 is 1.14 bits per heavy atom. The highest BCUT2D eigenvalue weighted by Gasteiger charge is 2.30. The SMILES string of the molecule is Cc1c(-c2c(C(C)C)c3cc(C4CCN(CC(N)=O)CC4)ccc3n2C(=O)OCC2CCCN2)cn2ncnc2c1C. The van der Waals surface area contributed by atoms with Crippen LogP contribution in [0.15, 0.2) is 30.7 Å². The summed E-state index contributed by atoms with van der Waals surface area (Å²) in [6, 6.07) is 6.71. The third kappa shape index (κ3) is 5.18. The molecule has 0 bridgehead atoms. The van der Waals surface area contributed by atoms with Crippen LogP contribution in [0, 0.1) is 13.8 Å². The molecule has 222 valence electrons. The number of ether oxygens (including phenoxy) is 1. The number of carbonyl (C=O) groups excluding carboxylic acids is 2. The molecule has 1 unspecified atom stereocenters. The van der Waals surface area contributed by atoms with E-state index in [1.54, 1.807) is 15.4 Å². The smallest absolute Gasteiger partial charge is 0.419 e. The molecule has 1 aromatic carbocycles. The number of aromatic nitrogens is 4. The minimum absolute atomic E-state index is 0.145. The molecule has 0 spiro atoms. The van der Waals surface area contributed by atoms with Crippen molar-refractivity contribution in [2.45, 2.75) is 71.3 Å². The molecule has 0 radical (unpaired) electrons. The van der Waals surface area contributed by atoms with Gasteiger partial charge in [0.2, 0.25) is 5.91 Å². The zero-order valence-electron chi connectivity index (χ0n) is 25.0. The molecule has 0 aliphatic carbocycles. The van der Waals surface area contributed by atoms with Crippen LogP contribution in [0.1, 0.15) is 73.6 Å². The molecule has 2 saturated heterocycles. The van der Waals surface area contributed by atoms with E-state index in [2.05, 4.69) is 66.2 Å². The van der Waals surface area contributed by atoms with Gasteiger partial charge in [-0.2, -0.15) is 5.10 Å². The predicted molar refractivity (Wildman–Crippen MR) is 163 cm³/mol. The molecule has 2 aliphatic rings. The number of fused-ring (bicyclic) bond motifs is 2. The summed E-state index contributed by atoms with van der Waals surface area (Å²) in [7, 11) is 0. The van der Waals surface area contributed by atoms with E-state index in [1.165, 1.54) is 5.56 Å². The molecule has 2 aliphatic heterocycles. The predicted octanol–water partition coefficient (Wildman–Crippen LogP) is 4.49. The Bertz CT molecular complexity index is 1640. The number of benzene rings is 1. The maximum absolute atomic E-state index is 14.0. The summed E-state index contributed by atoms with van der Waals surface area (Å²) < 4.78 is 9.57. The highest BCUT2D eigenvalue weighted by molar-refractivity contribution is 6.00. The number of nitrogens with one attached hydrogen (secondary N) is 1. The van der Waals surface area contributed by atoms with Gasteiger partial charge in [0.15, 0.2) is 5.65 Å². The first-order chi connectivity index (χ1) is 20.2. The van der Waals surface area contributed by atoms with Crippen molar-refractivity contribution in [3.8, 4) is 11.3 Å². The van der Waals surface area contributed by atoms with E-state index < -0.39 is 0 Å². The van der Waals surface area contributed by atoms with Gasteiger partial charge < -0.3 is 15.8 Å². The third-order valence-corrected chi connectivity index (χ3v) is 9.18. The number of hydrogen-bond donors (Lipinski definition) is 2. The minimum atomic E-state index is -0.362. The van der Waals surface area contributed by atoms with Gasteiger partial charge in [0.1, 0.15) is 12.9 Å². The van der Waals surface area contributed by atoms with E-state index in [1.807, 2.05) is 6.20 Å². The normalized spacial score (nSPS) is 18.5. The number of likely N-dealkylation sites (tertiary alicyclic amines) is 1. The van der Waals surface area contributed by atoms with E-state index in [4.69, 9.17) is 10.5 Å². The zero-order chi connectivity index (χ0) is 29.5. The van der Waals surface area contributed by atoms with Crippen LogP contribution >= 0.6 is 0 Å². The number of amides is 1. The quantitative estimate of drug-likeness (QED) is 0.335. The Balaban J connectivity index is 1.48. The van der Waals surface area contributed by atoms with Crippen LogP contribution in [0.5, 0.6) is 0 Å². The summed E-state index contributed by atoms with van der Waals surface area (Å²) in [4.78, 5) is 32.0. The number of carbonyl (C=O) groups is 2. The van der Waals surface area contributed by atoms with Crippen LogP contribution in [-0.4, -0.2) is 74.9 Å². The van der Waals surface area contributed by atoms with Crippen LogP contribution in [-0.2, 0) is 9.53 Å². The first-order valence-corrected chi connectivity index (χ1v) is 15.1. The molecular formula is C32H41N7O3. The van der Waals surface area contributed by atoms with Crippen LogP contribution in [0.2, 0.25) is 0 Å². The van der Waals surface area contributed by atoms with Gasteiger partial charge >= 0.3 is 6.09 Å². The van der Waals surface area contributed by atoms with Gasteiger partial charge in [-0.25, -0.2) is 18.9 Å². The van der Waals surface area contributed by atoms with Gasteiger partial charge in [0, 0.05) is 23.2 Å². The summed E-state index contributed by atoms with van der Waals surface area (Å²) in [5.74, 6) is 0.239. The second-order valence-corrected chi connectivity index (χ2v) is 12.2. The fourth-order valence-corrected chi connectivity index (χ4v) is 6.85. The molecule has 10 nitrogen and oxygen atoms in total. The first-order valence-electron chi connectivity index (χ1n) is 15.1. The molecule has 3 N–H and O–H groups in total. The molecule has 2 fully saturated rings. The molecule has 3 aromatic heterocycles. The number of pyridine rings is 1. The van der Waals surface area contributed by atoms with Crippen molar-refractivity contribution in [2.75, 3.05) is 32.8 Å². The molecule has 5 heterocycles. The van der Waals surface area contributed by atoms with Crippen LogP contribution in [0.3, 0.4) is 0 Å². The van der Waals surface area contributed by atoms with Crippen LogP contribution < -0.4 is 11.1 Å². The van der Waals surface area contributed by atoms with Gasteiger partial charge in [0.25, 0.3) is 0 Å². The fraction of sp³-hybridized carbons (Fsp3) is 0.500. The summed E-state index contributed by atoms with van der Waals surface area (Å²) in [5, 5.41) is 8.94. The lowest BCUT2D eigenvalue weighted by Crippen LogP contribution is -2.39. The monoisotopic (exact) mass is 571 g/mol.